The van der Waals surface area contributed by atoms with Crippen molar-refractivity contribution < 1.29 is 8.42 Å². The van der Waals surface area contributed by atoms with Crippen LogP contribution in [0, 0.1) is 0 Å². The monoisotopic (exact) mass is 167 g/mol. The maximum Gasteiger partial charge on any atom is 0.276 e. The van der Waals surface area contributed by atoms with Crippen molar-refractivity contribution in [3.63, 3.8) is 0 Å². The first-order valence-corrected chi connectivity index (χ1v) is 4.41. The summed E-state index contributed by atoms with van der Waals surface area (Å²) in [6.45, 7) is 1.98. The minimum Gasteiger partial charge on any atom is -0.329 e. The first-order valence-electron chi connectivity index (χ1n) is 2.92. The summed E-state index contributed by atoms with van der Waals surface area (Å²) in [7, 11) is -1.97. The zero-order chi connectivity index (χ0) is 8.20. The minimum absolute atomic E-state index is 0.225. The molecule has 5 nitrogen and oxygen atoms in total. The zero-order valence-electron chi connectivity index (χ0n) is 6.09. The summed E-state index contributed by atoms with van der Waals surface area (Å²) in [5.41, 5.74) is 5.18. The summed E-state index contributed by atoms with van der Waals surface area (Å²) in [5, 5.41) is 0. The average Bonchev–Trinajstić information content (AvgIpc) is 1.87. The lowest BCUT2D eigenvalue weighted by Gasteiger charge is -2.09. The lowest BCUT2D eigenvalue weighted by Crippen LogP contribution is -2.43. The molecule has 0 saturated heterocycles. The van der Waals surface area contributed by atoms with Crippen molar-refractivity contribution in [1.29, 1.82) is 0 Å². The SMILES string of the molecule is CNS(=O)(=O)N[C@H](C)CN. The second kappa shape index (κ2) is 3.87. The highest BCUT2D eigenvalue weighted by Crippen LogP contribution is 1.80. The third-order valence-corrected chi connectivity index (χ3v) is 2.23. The molecular formula is C4H13N3O2S. The van der Waals surface area contributed by atoms with E-state index in [9.17, 15) is 8.42 Å². The predicted octanol–water partition coefficient (Wildman–Crippen LogP) is -1.61. The van der Waals surface area contributed by atoms with Crippen LogP contribution in [-0.4, -0.2) is 28.1 Å². The summed E-state index contributed by atoms with van der Waals surface area (Å²) in [4.78, 5) is 0. The van der Waals surface area contributed by atoms with E-state index in [0.29, 0.717) is 6.54 Å². The molecular weight excluding hydrogens is 154 g/mol. The standard InChI is InChI=1S/C4H13N3O2S/c1-4(3-5)7-10(8,9)6-2/h4,6-7H,3,5H2,1-2H3/t4-/m1/s1. The van der Waals surface area contributed by atoms with E-state index in [1.807, 2.05) is 0 Å². The van der Waals surface area contributed by atoms with Gasteiger partial charge in [-0.05, 0) is 6.92 Å². The Kier molecular flexibility index (Phi) is 3.80. The minimum atomic E-state index is -3.31. The molecule has 62 valence electrons. The van der Waals surface area contributed by atoms with E-state index in [0.717, 1.165) is 0 Å². The second-order valence-corrected chi connectivity index (χ2v) is 3.61. The maximum atomic E-state index is 10.7. The van der Waals surface area contributed by atoms with Crippen molar-refractivity contribution in [3.8, 4) is 0 Å². The van der Waals surface area contributed by atoms with Crippen molar-refractivity contribution in [1.82, 2.24) is 9.44 Å². The molecule has 0 amide bonds. The Morgan fingerprint density at radius 3 is 2.40 bits per heavy atom. The van der Waals surface area contributed by atoms with Gasteiger partial charge in [-0.3, -0.25) is 0 Å². The van der Waals surface area contributed by atoms with E-state index in [4.69, 9.17) is 5.73 Å². The lowest BCUT2D eigenvalue weighted by molar-refractivity contribution is 0.554. The Hall–Kier alpha value is -0.170. The number of nitrogens with two attached hydrogens (primary N) is 1. The molecule has 10 heavy (non-hydrogen) atoms. The fraction of sp³-hybridized carbons (Fsp3) is 1.00. The number of hydrogen-bond acceptors (Lipinski definition) is 3. The van der Waals surface area contributed by atoms with Gasteiger partial charge in [0.25, 0.3) is 10.2 Å². The molecule has 0 aromatic rings. The molecule has 0 aromatic carbocycles. The van der Waals surface area contributed by atoms with Gasteiger partial charge in [0, 0.05) is 19.6 Å². The van der Waals surface area contributed by atoms with Gasteiger partial charge in [0.2, 0.25) is 0 Å². The van der Waals surface area contributed by atoms with E-state index in [1.165, 1.54) is 7.05 Å². The summed E-state index contributed by atoms with van der Waals surface area (Å²) < 4.78 is 25.8. The molecule has 0 aliphatic carbocycles. The Morgan fingerprint density at radius 1 is 1.60 bits per heavy atom. The zero-order valence-corrected chi connectivity index (χ0v) is 6.90. The van der Waals surface area contributed by atoms with E-state index in [2.05, 4.69) is 9.44 Å². The number of nitrogens with one attached hydrogen (secondary N) is 2. The fourth-order valence-electron chi connectivity index (χ4n) is 0.372. The average molecular weight is 167 g/mol. The number of hydrogen-bond donors (Lipinski definition) is 3. The third kappa shape index (κ3) is 3.78. The van der Waals surface area contributed by atoms with Crippen LogP contribution in [0.3, 0.4) is 0 Å². The van der Waals surface area contributed by atoms with E-state index >= 15 is 0 Å². The van der Waals surface area contributed by atoms with Gasteiger partial charge >= 0.3 is 0 Å². The Bertz CT molecular complexity index is 177. The highest BCUT2D eigenvalue weighted by molar-refractivity contribution is 7.87. The van der Waals surface area contributed by atoms with Crippen LogP contribution in [0.15, 0.2) is 0 Å². The smallest absolute Gasteiger partial charge is 0.276 e. The van der Waals surface area contributed by atoms with Gasteiger partial charge in [0.15, 0.2) is 0 Å². The summed E-state index contributed by atoms with van der Waals surface area (Å²) in [6.07, 6.45) is 0. The summed E-state index contributed by atoms with van der Waals surface area (Å²) in [5.74, 6) is 0. The van der Waals surface area contributed by atoms with E-state index < -0.39 is 10.2 Å². The van der Waals surface area contributed by atoms with E-state index in [1.54, 1.807) is 6.92 Å². The second-order valence-electron chi connectivity index (χ2n) is 1.96. The molecule has 4 N–H and O–H groups in total. The highest BCUT2D eigenvalue weighted by atomic mass is 32.2. The summed E-state index contributed by atoms with van der Waals surface area (Å²) >= 11 is 0. The quantitative estimate of drug-likeness (QED) is 0.471. The fourth-order valence-corrected chi connectivity index (χ4v) is 1.12. The van der Waals surface area contributed by atoms with Crippen molar-refractivity contribution in [2.45, 2.75) is 13.0 Å². The van der Waals surface area contributed by atoms with Crippen LogP contribution in [-0.2, 0) is 10.2 Å². The van der Waals surface area contributed by atoms with Crippen LogP contribution in [0.1, 0.15) is 6.92 Å². The Balaban J connectivity index is 3.90. The predicted molar refractivity (Wildman–Crippen MR) is 39.6 cm³/mol. The molecule has 0 heterocycles. The first-order chi connectivity index (χ1) is 4.52. The maximum absolute atomic E-state index is 10.7. The molecule has 0 bridgehead atoms. The van der Waals surface area contributed by atoms with Crippen molar-refractivity contribution in [3.05, 3.63) is 0 Å². The van der Waals surface area contributed by atoms with Crippen molar-refractivity contribution in [2.75, 3.05) is 13.6 Å². The molecule has 0 spiro atoms. The van der Waals surface area contributed by atoms with E-state index in [-0.39, 0.29) is 6.04 Å². The van der Waals surface area contributed by atoms with Gasteiger partial charge in [-0.2, -0.15) is 13.1 Å². The normalized spacial score (nSPS) is 15.1. The topological polar surface area (TPSA) is 84.2 Å². The van der Waals surface area contributed by atoms with Gasteiger partial charge in [0.05, 0.1) is 0 Å². The van der Waals surface area contributed by atoms with Gasteiger partial charge in [0.1, 0.15) is 0 Å². The van der Waals surface area contributed by atoms with Crippen LogP contribution in [0.5, 0.6) is 0 Å². The summed E-state index contributed by atoms with van der Waals surface area (Å²) in [6, 6.07) is -0.225. The largest absolute Gasteiger partial charge is 0.329 e. The number of rotatable bonds is 4. The molecule has 1 atom stereocenters. The lowest BCUT2D eigenvalue weighted by atomic mass is 10.4. The Morgan fingerprint density at radius 2 is 2.10 bits per heavy atom. The van der Waals surface area contributed by atoms with Gasteiger partial charge in [-0.1, -0.05) is 0 Å². The molecule has 6 heteroatoms. The van der Waals surface area contributed by atoms with Crippen LogP contribution in [0.2, 0.25) is 0 Å². The highest BCUT2D eigenvalue weighted by Gasteiger charge is 2.08. The van der Waals surface area contributed by atoms with Gasteiger partial charge in [-0.15, -0.1) is 0 Å². The first kappa shape index (κ1) is 9.83. The molecule has 0 radical (unpaired) electrons. The van der Waals surface area contributed by atoms with Crippen molar-refractivity contribution in [2.24, 2.45) is 5.73 Å². The molecule has 0 unspecified atom stereocenters. The molecule has 0 aromatic heterocycles. The third-order valence-electron chi connectivity index (χ3n) is 0.979. The van der Waals surface area contributed by atoms with Crippen molar-refractivity contribution >= 4 is 10.2 Å². The Labute approximate surface area is 61.2 Å². The molecule has 0 saturated carbocycles. The molecule has 0 rings (SSSR count). The molecule has 0 aliphatic heterocycles. The van der Waals surface area contributed by atoms with Gasteiger partial charge < -0.3 is 5.73 Å². The van der Waals surface area contributed by atoms with Gasteiger partial charge in [-0.25, -0.2) is 4.72 Å². The van der Waals surface area contributed by atoms with Crippen LogP contribution < -0.4 is 15.2 Å². The van der Waals surface area contributed by atoms with Crippen LogP contribution in [0.25, 0.3) is 0 Å². The molecule has 0 aliphatic rings. The molecule has 0 fully saturated rings. The van der Waals surface area contributed by atoms with Crippen LogP contribution in [0.4, 0.5) is 0 Å². The van der Waals surface area contributed by atoms with Crippen LogP contribution >= 0.6 is 0 Å².